The third kappa shape index (κ3) is 3.14. The van der Waals surface area contributed by atoms with E-state index in [1.165, 1.54) is 32.1 Å². The zero-order chi connectivity index (χ0) is 12.3. The summed E-state index contributed by atoms with van der Waals surface area (Å²) in [5.74, 6) is 0. The first kappa shape index (κ1) is 12.7. The van der Waals surface area contributed by atoms with Gasteiger partial charge in [0, 0.05) is 10.5 Å². The maximum absolute atomic E-state index is 9.11. The van der Waals surface area contributed by atoms with Gasteiger partial charge in [-0.3, -0.25) is 0 Å². The van der Waals surface area contributed by atoms with Crippen molar-refractivity contribution in [2.45, 2.75) is 38.1 Å². The summed E-state index contributed by atoms with van der Waals surface area (Å²) in [5, 5.41) is 13.2. The number of benzene rings is 1. The van der Waals surface area contributed by atoms with Crippen LogP contribution in [0.25, 0.3) is 0 Å². The fraction of sp³-hybridized carbons (Fsp3) is 0.462. The fourth-order valence-corrected chi connectivity index (χ4v) is 2.73. The molecule has 0 aromatic heterocycles. The lowest BCUT2D eigenvalue weighted by atomic mass is 9.95. The molecule has 90 valence electrons. The van der Waals surface area contributed by atoms with E-state index in [2.05, 4.69) is 27.3 Å². The minimum atomic E-state index is 0.480. The van der Waals surface area contributed by atoms with Gasteiger partial charge >= 0.3 is 0 Å². The molecule has 0 radical (unpaired) electrons. The van der Waals surface area contributed by atoms with E-state index in [-0.39, 0.29) is 0 Å². The quantitative estimate of drug-likeness (QED) is 0.857. The van der Waals surface area contributed by atoms with Crippen molar-refractivity contribution in [3.05, 3.63) is 27.2 Å². The SMILES string of the molecule is N#Cc1cc(Br)c(Cl)cc1NC1CCCCC1. The number of anilines is 1. The van der Waals surface area contributed by atoms with E-state index < -0.39 is 0 Å². The van der Waals surface area contributed by atoms with Gasteiger partial charge < -0.3 is 5.32 Å². The molecule has 0 amide bonds. The van der Waals surface area contributed by atoms with Gasteiger partial charge in [-0.05, 0) is 40.9 Å². The summed E-state index contributed by atoms with van der Waals surface area (Å²) in [5.41, 5.74) is 1.50. The molecule has 1 aromatic rings. The van der Waals surface area contributed by atoms with Crippen LogP contribution in [0.5, 0.6) is 0 Å². The van der Waals surface area contributed by atoms with Crippen LogP contribution in [0, 0.1) is 11.3 Å². The van der Waals surface area contributed by atoms with Crippen molar-refractivity contribution in [2.75, 3.05) is 5.32 Å². The van der Waals surface area contributed by atoms with Crippen molar-refractivity contribution >= 4 is 33.2 Å². The average Bonchev–Trinajstić information content (AvgIpc) is 2.35. The molecule has 1 aliphatic rings. The van der Waals surface area contributed by atoms with Gasteiger partial charge in [0.15, 0.2) is 0 Å². The molecule has 1 saturated carbocycles. The van der Waals surface area contributed by atoms with Crippen LogP contribution in [-0.2, 0) is 0 Å². The molecular weight excluding hydrogens is 300 g/mol. The normalized spacial score (nSPS) is 16.5. The Hall–Kier alpha value is -0.720. The van der Waals surface area contributed by atoms with Crippen molar-refractivity contribution < 1.29 is 0 Å². The van der Waals surface area contributed by atoms with Crippen LogP contribution in [0.15, 0.2) is 16.6 Å². The lowest BCUT2D eigenvalue weighted by Gasteiger charge is -2.24. The molecule has 0 heterocycles. The topological polar surface area (TPSA) is 35.8 Å². The Balaban J connectivity index is 2.19. The van der Waals surface area contributed by atoms with Crippen LogP contribution < -0.4 is 5.32 Å². The molecule has 0 aliphatic heterocycles. The van der Waals surface area contributed by atoms with Gasteiger partial charge in [0.05, 0.1) is 16.3 Å². The van der Waals surface area contributed by atoms with Gasteiger partial charge in [0.2, 0.25) is 0 Å². The first-order chi connectivity index (χ1) is 8.20. The number of hydrogen-bond donors (Lipinski definition) is 1. The molecule has 0 spiro atoms. The maximum atomic E-state index is 9.11. The number of nitrogens with one attached hydrogen (secondary N) is 1. The minimum Gasteiger partial charge on any atom is -0.381 e. The summed E-state index contributed by atoms with van der Waals surface area (Å²) in [6, 6.07) is 6.29. The van der Waals surface area contributed by atoms with Crippen molar-refractivity contribution in [1.29, 1.82) is 5.26 Å². The number of rotatable bonds is 2. The number of hydrogen-bond acceptors (Lipinski definition) is 2. The smallest absolute Gasteiger partial charge is 0.101 e. The highest BCUT2D eigenvalue weighted by Crippen LogP contribution is 2.31. The van der Waals surface area contributed by atoms with Crippen LogP contribution >= 0.6 is 27.5 Å². The molecule has 1 N–H and O–H groups in total. The van der Waals surface area contributed by atoms with E-state index in [9.17, 15) is 0 Å². The molecule has 17 heavy (non-hydrogen) atoms. The summed E-state index contributed by atoms with van der Waals surface area (Å²) in [4.78, 5) is 0. The van der Waals surface area contributed by atoms with Crippen molar-refractivity contribution in [2.24, 2.45) is 0 Å². The fourth-order valence-electron chi connectivity index (χ4n) is 2.23. The van der Waals surface area contributed by atoms with Gasteiger partial charge in [0.1, 0.15) is 6.07 Å². The maximum Gasteiger partial charge on any atom is 0.101 e. The lowest BCUT2D eigenvalue weighted by molar-refractivity contribution is 0.462. The number of nitrogens with zero attached hydrogens (tertiary/aromatic N) is 1. The molecule has 1 aromatic carbocycles. The van der Waals surface area contributed by atoms with Crippen molar-refractivity contribution in [1.82, 2.24) is 0 Å². The third-order valence-electron chi connectivity index (χ3n) is 3.15. The van der Waals surface area contributed by atoms with Crippen LogP contribution in [0.2, 0.25) is 5.02 Å². The second-order valence-corrected chi connectivity index (χ2v) is 5.66. The molecular formula is C13H14BrClN2. The van der Waals surface area contributed by atoms with Crippen LogP contribution in [0.1, 0.15) is 37.7 Å². The average molecular weight is 314 g/mol. The van der Waals surface area contributed by atoms with Gasteiger partial charge in [0.25, 0.3) is 0 Å². The van der Waals surface area contributed by atoms with Crippen LogP contribution in [-0.4, -0.2) is 6.04 Å². The molecule has 0 atom stereocenters. The second kappa shape index (κ2) is 5.75. The third-order valence-corrected chi connectivity index (χ3v) is 4.34. The number of nitriles is 1. The first-order valence-corrected chi connectivity index (χ1v) is 7.03. The first-order valence-electron chi connectivity index (χ1n) is 5.86. The molecule has 1 fully saturated rings. The van der Waals surface area contributed by atoms with Crippen molar-refractivity contribution in [3.8, 4) is 6.07 Å². The summed E-state index contributed by atoms with van der Waals surface area (Å²) in [6.07, 6.45) is 6.22. The Kier molecular flexibility index (Phi) is 4.31. The van der Waals surface area contributed by atoms with E-state index in [1.807, 2.05) is 6.07 Å². The Labute approximate surface area is 115 Å². The molecule has 1 aliphatic carbocycles. The van der Waals surface area contributed by atoms with Crippen molar-refractivity contribution in [3.63, 3.8) is 0 Å². The van der Waals surface area contributed by atoms with E-state index in [1.54, 1.807) is 6.07 Å². The summed E-state index contributed by atoms with van der Waals surface area (Å²) in [7, 11) is 0. The van der Waals surface area contributed by atoms with Gasteiger partial charge in [-0.2, -0.15) is 5.26 Å². The highest BCUT2D eigenvalue weighted by atomic mass is 79.9. The van der Waals surface area contributed by atoms with E-state index >= 15 is 0 Å². The molecule has 2 rings (SSSR count). The minimum absolute atomic E-state index is 0.480. The predicted octanol–water partition coefficient (Wildman–Crippen LogP) is 4.72. The van der Waals surface area contributed by atoms with E-state index in [0.29, 0.717) is 16.6 Å². The predicted molar refractivity (Wildman–Crippen MR) is 74.4 cm³/mol. The van der Waals surface area contributed by atoms with E-state index in [4.69, 9.17) is 16.9 Å². The summed E-state index contributed by atoms with van der Waals surface area (Å²) in [6.45, 7) is 0. The zero-order valence-electron chi connectivity index (χ0n) is 9.47. The molecule has 4 heteroatoms. The standard InChI is InChI=1S/C13H14BrClN2/c14-11-6-9(8-16)13(7-12(11)15)17-10-4-2-1-3-5-10/h6-7,10,17H,1-5H2. The van der Waals surface area contributed by atoms with Gasteiger partial charge in [-0.1, -0.05) is 30.9 Å². The zero-order valence-corrected chi connectivity index (χ0v) is 11.8. The number of halogens is 2. The highest BCUT2D eigenvalue weighted by molar-refractivity contribution is 9.10. The second-order valence-electron chi connectivity index (χ2n) is 4.40. The van der Waals surface area contributed by atoms with Gasteiger partial charge in [-0.25, -0.2) is 0 Å². The largest absolute Gasteiger partial charge is 0.381 e. The Morgan fingerprint density at radius 2 is 2.00 bits per heavy atom. The Bertz CT molecular complexity index is 447. The lowest BCUT2D eigenvalue weighted by Crippen LogP contribution is -2.22. The molecule has 0 saturated heterocycles. The van der Waals surface area contributed by atoms with Gasteiger partial charge in [-0.15, -0.1) is 0 Å². The Morgan fingerprint density at radius 3 is 2.65 bits per heavy atom. The summed E-state index contributed by atoms with van der Waals surface area (Å²) >= 11 is 9.40. The van der Waals surface area contributed by atoms with Crippen LogP contribution in [0.4, 0.5) is 5.69 Å². The summed E-state index contributed by atoms with van der Waals surface area (Å²) < 4.78 is 0.768. The van der Waals surface area contributed by atoms with E-state index in [0.717, 1.165) is 10.2 Å². The molecule has 0 unspecified atom stereocenters. The Morgan fingerprint density at radius 1 is 1.29 bits per heavy atom. The molecule has 0 bridgehead atoms. The monoisotopic (exact) mass is 312 g/mol. The molecule has 2 nitrogen and oxygen atoms in total. The van der Waals surface area contributed by atoms with Crippen LogP contribution in [0.3, 0.4) is 0 Å². The highest BCUT2D eigenvalue weighted by Gasteiger charge is 2.15.